The number of rotatable bonds is 4. The van der Waals surface area contributed by atoms with Crippen LogP contribution >= 0.6 is 45.8 Å². The zero-order chi connectivity index (χ0) is 13.8. The molecule has 0 atom stereocenters. The molecule has 0 fully saturated rings. The molecule has 2 rings (SSSR count). The molecule has 2 nitrogen and oxygen atoms in total. The van der Waals surface area contributed by atoms with Gasteiger partial charge < -0.3 is 10.1 Å². The lowest BCUT2D eigenvalue weighted by Crippen LogP contribution is -2.02. The molecular formula is C14H12Cl2INO. The van der Waals surface area contributed by atoms with Crippen LogP contribution in [0.5, 0.6) is 5.75 Å². The Kier molecular flexibility index (Phi) is 5.19. The maximum Gasteiger partial charge on any atom is 0.123 e. The van der Waals surface area contributed by atoms with Crippen LogP contribution in [0, 0.1) is 3.57 Å². The summed E-state index contributed by atoms with van der Waals surface area (Å²) in [5.41, 5.74) is 1.88. The van der Waals surface area contributed by atoms with E-state index in [1.54, 1.807) is 7.11 Å². The zero-order valence-electron chi connectivity index (χ0n) is 10.2. The molecule has 0 heterocycles. The van der Waals surface area contributed by atoms with E-state index in [0.717, 1.165) is 20.6 Å². The average Bonchev–Trinajstić information content (AvgIpc) is 2.38. The quantitative estimate of drug-likeness (QED) is 0.701. The first-order valence-corrected chi connectivity index (χ1v) is 7.45. The summed E-state index contributed by atoms with van der Waals surface area (Å²) in [7, 11) is 1.64. The van der Waals surface area contributed by atoms with Gasteiger partial charge in [0.05, 0.1) is 17.8 Å². The van der Waals surface area contributed by atoms with Crippen molar-refractivity contribution in [3.63, 3.8) is 0 Å². The number of nitrogens with one attached hydrogen (secondary N) is 1. The van der Waals surface area contributed by atoms with Crippen LogP contribution in [-0.2, 0) is 6.54 Å². The van der Waals surface area contributed by atoms with E-state index in [1.165, 1.54) is 0 Å². The van der Waals surface area contributed by atoms with Crippen molar-refractivity contribution in [2.45, 2.75) is 6.54 Å². The second kappa shape index (κ2) is 6.68. The fourth-order valence-corrected chi connectivity index (χ4v) is 2.83. The summed E-state index contributed by atoms with van der Waals surface area (Å²) in [5, 5.41) is 4.67. The van der Waals surface area contributed by atoms with Crippen molar-refractivity contribution in [2.24, 2.45) is 0 Å². The van der Waals surface area contributed by atoms with Gasteiger partial charge in [-0.2, -0.15) is 0 Å². The third-order valence-electron chi connectivity index (χ3n) is 2.64. The van der Waals surface area contributed by atoms with Crippen molar-refractivity contribution in [2.75, 3.05) is 12.4 Å². The summed E-state index contributed by atoms with van der Waals surface area (Å²) < 4.78 is 6.41. The zero-order valence-corrected chi connectivity index (χ0v) is 13.9. The fourth-order valence-electron chi connectivity index (χ4n) is 1.71. The molecular weight excluding hydrogens is 396 g/mol. The number of anilines is 1. The first-order valence-electron chi connectivity index (χ1n) is 5.61. The second-order valence-electron chi connectivity index (χ2n) is 3.93. The van der Waals surface area contributed by atoms with E-state index in [0.29, 0.717) is 16.6 Å². The summed E-state index contributed by atoms with van der Waals surface area (Å²) >= 11 is 14.4. The van der Waals surface area contributed by atoms with Crippen LogP contribution < -0.4 is 10.1 Å². The Hall–Kier alpha value is -0.650. The van der Waals surface area contributed by atoms with Crippen molar-refractivity contribution in [1.82, 2.24) is 0 Å². The number of ether oxygens (including phenoxy) is 1. The highest BCUT2D eigenvalue weighted by Gasteiger charge is 2.05. The van der Waals surface area contributed by atoms with Crippen molar-refractivity contribution >= 4 is 51.5 Å². The molecule has 0 bridgehead atoms. The maximum absolute atomic E-state index is 6.18. The van der Waals surface area contributed by atoms with Crippen LogP contribution in [0.25, 0.3) is 0 Å². The monoisotopic (exact) mass is 407 g/mol. The van der Waals surface area contributed by atoms with Gasteiger partial charge in [0.15, 0.2) is 0 Å². The van der Waals surface area contributed by atoms with Gasteiger partial charge in [-0.1, -0.05) is 23.2 Å². The highest BCUT2D eigenvalue weighted by Crippen LogP contribution is 2.27. The first kappa shape index (κ1) is 14.8. The molecule has 0 aliphatic heterocycles. The standard InChI is InChI=1S/C14H12Cl2INO/c1-19-14-5-2-10(15)6-9(14)8-18-13-4-3-11(17)7-12(13)16/h2-7,18H,8H2,1H3. The van der Waals surface area contributed by atoms with E-state index in [-0.39, 0.29) is 0 Å². The topological polar surface area (TPSA) is 21.3 Å². The molecule has 0 aliphatic rings. The number of halogens is 3. The van der Waals surface area contributed by atoms with E-state index in [9.17, 15) is 0 Å². The molecule has 19 heavy (non-hydrogen) atoms. The Morgan fingerprint density at radius 2 is 1.95 bits per heavy atom. The minimum absolute atomic E-state index is 0.601. The van der Waals surface area contributed by atoms with Crippen molar-refractivity contribution in [3.05, 3.63) is 55.6 Å². The number of hydrogen-bond donors (Lipinski definition) is 1. The van der Waals surface area contributed by atoms with Crippen molar-refractivity contribution in [3.8, 4) is 5.75 Å². The number of benzene rings is 2. The molecule has 5 heteroatoms. The minimum atomic E-state index is 0.601. The van der Waals surface area contributed by atoms with Gasteiger partial charge in [0.25, 0.3) is 0 Å². The lowest BCUT2D eigenvalue weighted by atomic mass is 10.2. The molecule has 2 aromatic rings. The third kappa shape index (κ3) is 3.91. The molecule has 0 spiro atoms. The van der Waals surface area contributed by atoms with Crippen LogP contribution in [-0.4, -0.2) is 7.11 Å². The van der Waals surface area contributed by atoms with E-state index in [4.69, 9.17) is 27.9 Å². The third-order valence-corrected chi connectivity index (χ3v) is 3.86. The molecule has 0 saturated heterocycles. The normalized spacial score (nSPS) is 10.3. The molecule has 0 amide bonds. The van der Waals surface area contributed by atoms with Crippen molar-refractivity contribution in [1.29, 1.82) is 0 Å². The maximum atomic E-state index is 6.18. The number of hydrogen-bond acceptors (Lipinski definition) is 2. The lowest BCUT2D eigenvalue weighted by Gasteiger charge is -2.12. The Labute approximate surface area is 136 Å². The molecule has 0 aliphatic carbocycles. The SMILES string of the molecule is COc1ccc(Cl)cc1CNc1ccc(I)cc1Cl. The molecule has 0 radical (unpaired) electrons. The Morgan fingerprint density at radius 1 is 1.16 bits per heavy atom. The van der Waals surface area contributed by atoms with E-state index >= 15 is 0 Å². The van der Waals surface area contributed by atoms with Gasteiger partial charge in [-0.25, -0.2) is 0 Å². The predicted molar refractivity (Wildman–Crippen MR) is 89.5 cm³/mol. The van der Waals surface area contributed by atoms with Gasteiger partial charge in [0, 0.05) is 20.7 Å². The first-order chi connectivity index (χ1) is 9.10. The molecule has 0 saturated carbocycles. The molecule has 100 valence electrons. The summed E-state index contributed by atoms with van der Waals surface area (Å²) in [5.74, 6) is 0.804. The lowest BCUT2D eigenvalue weighted by molar-refractivity contribution is 0.410. The smallest absolute Gasteiger partial charge is 0.123 e. The Morgan fingerprint density at radius 3 is 2.63 bits per heavy atom. The van der Waals surface area contributed by atoms with Gasteiger partial charge in [0.2, 0.25) is 0 Å². The second-order valence-corrected chi connectivity index (χ2v) is 6.02. The highest BCUT2D eigenvalue weighted by molar-refractivity contribution is 14.1. The van der Waals surface area contributed by atoms with E-state index < -0.39 is 0 Å². The van der Waals surface area contributed by atoms with Gasteiger partial charge in [-0.15, -0.1) is 0 Å². The predicted octanol–water partition coefficient (Wildman–Crippen LogP) is 5.22. The van der Waals surface area contributed by atoms with Crippen LogP contribution in [0.4, 0.5) is 5.69 Å². The summed E-state index contributed by atoms with van der Waals surface area (Å²) in [6.07, 6.45) is 0. The fraction of sp³-hybridized carbons (Fsp3) is 0.143. The average molecular weight is 408 g/mol. The summed E-state index contributed by atoms with van der Waals surface area (Å²) in [6.45, 7) is 0.601. The van der Waals surface area contributed by atoms with E-state index in [1.807, 2.05) is 36.4 Å². The van der Waals surface area contributed by atoms with Crippen LogP contribution in [0.3, 0.4) is 0 Å². The van der Waals surface area contributed by atoms with Gasteiger partial charge in [-0.05, 0) is 59.0 Å². The summed E-state index contributed by atoms with van der Waals surface area (Å²) in [4.78, 5) is 0. The Bertz CT molecular complexity index is 590. The minimum Gasteiger partial charge on any atom is -0.496 e. The molecule has 1 N–H and O–H groups in total. The summed E-state index contributed by atoms with van der Waals surface area (Å²) in [6, 6.07) is 11.4. The molecule has 0 unspecified atom stereocenters. The number of methoxy groups -OCH3 is 1. The van der Waals surface area contributed by atoms with Gasteiger partial charge in [-0.3, -0.25) is 0 Å². The molecule has 0 aromatic heterocycles. The van der Waals surface area contributed by atoms with Crippen LogP contribution in [0.2, 0.25) is 10.0 Å². The van der Waals surface area contributed by atoms with Crippen molar-refractivity contribution < 1.29 is 4.74 Å². The van der Waals surface area contributed by atoms with Crippen LogP contribution in [0.15, 0.2) is 36.4 Å². The largest absolute Gasteiger partial charge is 0.496 e. The van der Waals surface area contributed by atoms with Gasteiger partial charge >= 0.3 is 0 Å². The molecule has 2 aromatic carbocycles. The Balaban J connectivity index is 2.16. The van der Waals surface area contributed by atoms with Crippen LogP contribution in [0.1, 0.15) is 5.56 Å². The van der Waals surface area contributed by atoms with Gasteiger partial charge in [0.1, 0.15) is 5.75 Å². The van der Waals surface area contributed by atoms with E-state index in [2.05, 4.69) is 27.9 Å². The highest BCUT2D eigenvalue weighted by atomic mass is 127.